The molecule has 0 bridgehead atoms. The number of hydrogen-bond donors (Lipinski definition) is 1. The zero-order valence-corrected chi connectivity index (χ0v) is 12.7. The third-order valence-electron chi connectivity index (χ3n) is 2.94. The van der Waals surface area contributed by atoms with E-state index in [2.05, 4.69) is 0 Å². The quantitative estimate of drug-likeness (QED) is 0.841. The normalized spacial score (nSPS) is 12.4. The van der Waals surface area contributed by atoms with Crippen molar-refractivity contribution in [2.24, 2.45) is 0 Å². The minimum absolute atomic E-state index is 0.311. The summed E-state index contributed by atoms with van der Waals surface area (Å²) < 4.78 is 12.9. The van der Waals surface area contributed by atoms with Gasteiger partial charge in [-0.3, -0.25) is 0 Å². The van der Waals surface area contributed by atoms with Gasteiger partial charge in [-0.2, -0.15) is 0 Å². The Hall–Kier alpha value is -0.800. The van der Waals surface area contributed by atoms with E-state index in [1.807, 2.05) is 0 Å². The minimum Gasteiger partial charge on any atom is -0.392 e. The van der Waals surface area contributed by atoms with E-state index in [0.717, 1.165) is 5.56 Å². The Labute approximate surface area is 131 Å². The van der Waals surface area contributed by atoms with E-state index in [0.29, 0.717) is 33.5 Å². The molecule has 1 atom stereocenters. The lowest BCUT2D eigenvalue weighted by Gasteiger charge is -2.13. The molecule has 0 aliphatic carbocycles. The summed E-state index contributed by atoms with van der Waals surface area (Å²) in [7, 11) is 0. The van der Waals surface area contributed by atoms with E-state index in [1.165, 1.54) is 12.1 Å². The molecule has 106 valence electrons. The maximum atomic E-state index is 12.9. The molecule has 0 saturated heterocycles. The summed E-state index contributed by atoms with van der Waals surface area (Å²) in [6, 6.07) is 9.27. The number of hydrogen-bond acceptors (Lipinski definition) is 1. The van der Waals surface area contributed by atoms with Gasteiger partial charge in [0.2, 0.25) is 0 Å². The third-order valence-corrected chi connectivity index (χ3v) is 3.88. The summed E-state index contributed by atoms with van der Waals surface area (Å²) >= 11 is 17.8. The number of rotatable bonds is 4. The molecule has 1 unspecified atom stereocenters. The second-order valence-electron chi connectivity index (χ2n) is 4.53. The lowest BCUT2D eigenvalue weighted by molar-refractivity contribution is 0.175. The van der Waals surface area contributed by atoms with Gasteiger partial charge in [-0.05, 0) is 35.4 Å². The van der Waals surface area contributed by atoms with E-state index in [-0.39, 0.29) is 0 Å². The molecule has 0 radical (unpaired) electrons. The Kier molecular flexibility index (Phi) is 5.28. The second kappa shape index (κ2) is 6.77. The van der Waals surface area contributed by atoms with Crippen molar-refractivity contribution in [3.63, 3.8) is 0 Å². The van der Waals surface area contributed by atoms with Gasteiger partial charge in [0.15, 0.2) is 0 Å². The van der Waals surface area contributed by atoms with Gasteiger partial charge >= 0.3 is 0 Å². The van der Waals surface area contributed by atoms with Crippen molar-refractivity contribution < 1.29 is 9.50 Å². The molecular weight excluding hydrogens is 322 g/mol. The smallest absolute Gasteiger partial charge is 0.124 e. The Morgan fingerprint density at radius 3 is 2.00 bits per heavy atom. The molecule has 5 heteroatoms. The molecule has 2 aromatic rings. The molecule has 0 fully saturated rings. The fourth-order valence-corrected chi connectivity index (χ4v) is 2.68. The van der Waals surface area contributed by atoms with Gasteiger partial charge in [0.25, 0.3) is 0 Å². The molecule has 1 N–H and O–H groups in total. The summed E-state index contributed by atoms with van der Waals surface area (Å²) in [6.07, 6.45) is 0.0542. The van der Waals surface area contributed by atoms with Crippen molar-refractivity contribution in [1.82, 2.24) is 0 Å². The van der Waals surface area contributed by atoms with E-state index in [9.17, 15) is 9.50 Å². The summed E-state index contributed by atoms with van der Waals surface area (Å²) in [5.41, 5.74) is 1.51. The average Bonchev–Trinajstić information content (AvgIpc) is 2.36. The predicted octanol–water partition coefficient (Wildman–Crippen LogP) is 4.93. The molecule has 0 saturated carbocycles. The highest BCUT2D eigenvalue weighted by Crippen LogP contribution is 2.24. The molecule has 2 aromatic carbocycles. The highest BCUT2D eigenvalue weighted by molar-refractivity contribution is 6.35. The van der Waals surface area contributed by atoms with Crippen LogP contribution in [-0.2, 0) is 12.8 Å². The van der Waals surface area contributed by atoms with Crippen LogP contribution in [0.1, 0.15) is 11.1 Å². The number of halogens is 4. The first-order chi connectivity index (χ1) is 9.45. The van der Waals surface area contributed by atoms with Gasteiger partial charge in [-0.15, -0.1) is 0 Å². The summed E-state index contributed by atoms with van der Waals surface area (Å²) in [5.74, 6) is -0.394. The molecule has 1 nitrogen and oxygen atoms in total. The van der Waals surface area contributed by atoms with Gasteiger partial charge in [-0.1, -0.05) is 46.9 Å². The molecule has 0 aliphatic heterocycles. The van der Waals surface area contributed by atoms with E-state index in [4.69, 9.17) is 34.8 Å². The van der Waals surface area contributed by atoms with Crippen molar-refractivity contribution in [1.29, 1.82) is 0 Å². The van der Waals surface area contributed by atoms with Crippen LogP contribution in [0.3, 0.4) is 0 Å². The molecule has 0 aliphatic rings. The second-order valence-corrected chi connectivity index (χ2v) is 5.78. The molecule has 20 heavy (non-hydrogen) atoms. The van der Waals surface area contributed by atoms with E-state index in [1.54, 1.807) is 24.3 Å². The van der Waals surface area contributed by atoms with Crippen molar-refractivity contribution in [3.8, 4) is 0 Å². The Morgan fingerprint density at radius 2 is 1.45 bits per heavy atom. The van der Waals surface area contributed by atoms with Gasteiger partial charge in [0.1, 0.15) is 5.82 Å². The first-order valence-corrected chi connectivity index (χ1v) is 7.15. The topological polar surface area (TPSA) is 20.2 Å². The molecular formula is C15H12Cl3FO. The van der Waals surface area contributed by atoms with Crippen LogP contribution in [0.4, 0.5) is 4.39 Å². The van der Waals surface area contributed by atoms with E-state index >= 15 is 0 Å². The van der Waals surface area contributed by atoms with Crippen LogP contribution in [0.2, 0.25) is 15.1 Å². The largest absolute Gasteiger partial charge is 0.392 e. The predicted molar refractivity (Wildman–Crippen MR) is 81.3 cm³/mol. The highest BCUT2D eigenvalue weighted by atomic mass is 35.5. The third kappa shape index (κ3) is 4.10. The van der Waals surface area contributed by atoms with Crippen LogP contribution in [0.15, 0.2) is 36.4 Å². The van der Waals surface area contributed by atoms with Crippen molar-refractivity contribution in [3.05, 3.63) is 68.4 Å². The fraction of sp³-hybridized carbons (Fsp3) is 0.200. The highest BCUT2D eigenvalue weighted by Gasteiger charge is 2.12. The Morgan fingerprint density at radius 1 is 0.900 bits per heavy atom. The number of aliphatic hydroxyl groups is 1. The first-order valence-electron chi connectivity index (χ1n) is 6.01. The van der Waals surface area contributed by atoms with Gasteiger partial charge in [0.05, 0.1) is 6.10 Å². The summed E-state index contributed by atoms with van der Waals surface area (Å²) in [4.78, 5) is 0. The lowest BCUT2D eigenvalue weighted by Crippen LogP contribution is -2.14. The SMILES string of the molecule is OC(Cc1ccc(F)cc1Cl)Cc1ccc(Cl)cc1Cl. The fourth-order valence-electron chi connectivity index (χ4n) is 1.95. The standard InChI is InChI=1S/C15H12Cl3FO/c16-11-3-1-9(14(17)7-11)5-13(20)6-10-2-4-12(19)8-15(10)18/h1-4,7-8,13,20H,5-6H2. The first kappa shape index (κ1) is 15.6. The zero-order chi connectivity index (χ0) is 14.7. The maximum Gasteiger partial charge on any atom is 0.124 e. The van der Waals surface area contributed by atoms with Crippen LogP contribution >= 0.6 is 34.8 Å². The molecule has 0 spiro atoms. The molecule has 0 heterocycles. The monoisotopic (exact) mass is 332 g/mol. The minimum atomic E-state index is -0.656. The number of benzene rings is 2. The van der Waals surface area contributed by atoms with Crippen LogP contribution in [0, 0.1) is 5.82 Å². The summed E-state index contributed by atoms with van der Waals surface area (Å²) in [6.45, 7) is 0. The van der Waals surface area contributed by atoms with Gasteiger partial charge in [0, 0.05) is 27.9 Å². The molecule has 2 rings (SSSR count). The average molecular weight is 334 g/mol. The van der Waals surface area contributed by atoms with Crippen molar-refractivity contribution >= 4 is 34.8 Å². The maximum absolute atomic E-state index is 12.9. The van der Waals surface area contributed by atoms with E-state index < -0.39 is 11.9 Å². The van der Waals surface area contributed by atoms with Gasteiger partial charge < -0.3 is 5.11 Å². The number of aliphatic hydroxyl groups excluding tert-OH is 1. The molecule has 0 amide bonds. The van der Waals surface area contributed by atoms with Crippen LogP contribution in [0.25, 0.3) is 0 Å². The van der Waals surface area contributed by atoms with Gasteiger partial charge in [-0.25, -0.2) is 4.39 Å². The Bertz CT molecular complexity index is 563. The zero-order valence-electron chi connectivity index (χ0n) is 10.4. The van der Waals surface area contributed by atoms with Crippen molar-refractivity contribution in [2.75, 3.05) is 0 Å². The van der Waals surface area contributed by atoms with Crippen LogP contribution < -0.4 is 0 Å². The Balaban J connectivity index is 2.07. The van der Waals surface area contributed by atoms with Crippen molar-refractivity contribution in [2.45, 2.75) is 18.9 Å². The van der Waals surface area contributed by atoms with Crippen LogP contribution in [0.5, 0.6) is 0 Å². The summed E-state index contributed by atoms with van der Waals surface area (Å²) in [5, 5.41) is 11.5. The molecule has 0 aromatic heterocycles. The lowest BCUT2D eigenvalue weighted by atomic mass is 10.0. The van der Waals surface area contributed by atoms with Crippen LogP contribution in [-0.4, -0.2) is 11.2 Å².